The molecule has 0 fully saturated rings. The molecule has 0 unspecified atom stereocenters. The Labute approximate surface area is 203 Å². The Morgan fingerprint density at radius 1 is 1.24 bits per heavy atom. The number of aryl methyl sites for hydroxylation is 1. The number of methoxy groups -OCH3 is 1. The first kappa shape index (κ1) is 25.4. The highest BCUT2D eigenvalue weighted by atomic mass is 16.5. The quantitative estimate of drug-likeness (QED) is 0.239. The van der Waals surface area contributed by atoms with Crippen LogP contribution < -0.4 is 0 Å². The van der Waals surface area contributed by atoms with Gasteiger partial charge < -0.3 is 14.0 Å². The van der Waals surface area contributed by atoms with E-state index < -0.39 is 0 Å². The average molecular weight is 461 g/mol. The highest BCUT2D eigenvalue weighted by Gasteiger charge is 2.27. The fraction of sp³-hybridized carbons (Fsp3) is 0.379. The summed E-state index contributed by atoms with van der Waals surface area (Å²) >= 11 is 0. The van der Waals surface area contributed by atoms with Crippen LogP contribution in [0.1, 0.15) is 51.3 Å². The number of aromatic nitrogens is 2. The lowest BCUT2D eigenvalue weighted by molar-refractivity contribution is -0.131. The molecule has 34 heavy (non-hydrogen) atoms. The number of rotatable bonds is 11. The van der Waals surface area contributed by atoms with Crippen LogP contribution in [0.15, 0.2) is 54.9 Å². The third kappa shape index (κ3) is 5.48. The summed E-state index contributed by atoms with van der Waals surface area (Å²) in [6, 6.07) is 8.59. The predicted octanol–water partition coefficient (Wildman–Crippen LogP) is 6.59. The van der Waals surface area contributed by atoms with Crippen molar-refractivity contribution in [2.75, 3.05) is 13.7 Å². The Morgan fingerprint density at radius 2 is 2.00 bits per heavy atom. The Morgan fingerprint density at radius 3 is 2.65 bits per heavy atom. The summed E-state index contributed by atoms with van der Waals surface area (Å²) in [5, 5.41) is 1.18. The van der Waals surface area contributed by atoms with Crippen molar-refractivity contribution in [1.82, 2.24) is 9.55 Å². The van der Waals surface area contributed by atoms with Gasteiger partial charge in [-0.05, 0) is 67.7 Å². The van der Waals surface area contributed by atoms with E-state index in [4.69, 9.17) is 9.47 Å². The van der Waals surface area contributed by atoms with Gasteiger partial charge in [0.1, 0.15) is 0 Å². The van der Waals surface area contributed by atoms with Crippen LogP contribution in [0.25, 0.3) is 27.7 Å². The van der Waals surface area contributed by atoms with Crippen molar-refractivity contribution in [3.05, 3.63) is 71.6 Å². The summed E-state index contributed by atoms with van der Waals surface area (Å²) in [4.78, 5) is 15.4. The molecule has 0 radical (unpaired) electrons. The van der Waals surface area contributed by atoms with E-state index in [1.54, 1.807) is 13.3 Å². The van der Waals surface area contributed by atoms with Crippen LogP contribution in [0.3, 0.4) is 0 Å². The molecule has 2 aromatic heterocycles. The van der Waals surface area contributed by atoms with Crippen molar-refractivity contribution >= 4 is 22.9 Å². The third-order valence-corrected chi connectivity index (χ3v) is 5.98. The minimum Gasteiger partial charge on any atom is -0.467 e. The normalized spacial score (nSPS) is 11.5. The molecule has 2 heterocycles. The minimum absolute atomic E-state index is 0.251. The molecule has 0 aliphatic rings. The highest BCUT2D eigenvalue weighted by Crippen LogP contribution is 2.40. The van der Waals surface area contributed by atoms with Gasteiger partial charge in [0.05, 0.1) is 18.9 Å². The first-order valence-corrected chi connectivity index (χ1v) is 11.7. The number of carbonyl (C=O) groups is 1. The van der Waals surface area contributed by atoms with Gasteiger partial charge in [0.15, 0.2) is 0 Å². The van der Waals surface area contributed by atoms with Crippen LogP contribution in [0.5, 0.6) is 0 Å². The number of hydrogen-bond acceptors (Lipinski definition) is 4. The molecule has 0 N–H and O–H groups in total. The number of benzene rings is 1. The van der Waals surface area contributed by atoms with E-state index in [0.29, 0.717) is 19.7 Å². The summed E-state index contributed by atoms with van der Waals surface area (Å²) < 4.78 is 13.0. The molecule has 0 atom stereocenters. The highest BCUT2D eigenvalue weighted by molar-refractivity contribution is 5.95. The van der Waals surface area contributed by atoms with E-state index >= 15 is 0 Å². The molecule has 0 bridgehead atoms. The van der Waals surface area contributed by atoms with Gasteiger partial charge >= 0.3 is 0 Å². The van der Waals surface area contributed by atoms with E-state index in [-0.39, 0.29) is 5.41 Å². The van der Waals surface area contributed by atoms with Crippen LogP contribution in [0, 0.1) is 5.41 Å². The van der Waals surface area contributed by atoms with Crippen molar-refractivity contribution in [2.45, 2.75) is 54.2 Å². The molecule has 3 rings (SSSR count). The Bertz CT molecular complexity index is 1210. The lowest BCUT2D eigenvalue weighted by Gasteiger charge is -2.24. The maximum absolute atomic E-state index is 10.9. The van der Waals surface area contributed by atoms with Crippen LogP contribution in [0.4, 0.5) is 0 Å². The number of nitrogens with zero attached hydrogens (tertiary/aromatic N) is 2. The third-order valence-electron chi connectivity index (χ3n) is 5.98. The largest absolute Gasteiger partial charge is 0.467 e. The molecule has 1 aromatic carbocycles. The minimum atomic E-state index is -0.251. The van der Waals surface area contributed by atoms with E-state index in [2.05, 4.69) is 75.0 Å². The van der Waals surface area contributed by atoms with Crippen molar-refractivity contribution in [3.8, 4) is 11.3 Å². The Balaban J connectivity index is 2.33. The SMILES string of the molecule is C=C(C=C(C)C)c1ccc2c(c1)c(CC(C)(C)COC=O)c(-c1cnccc1COC)n2CC. The molecule has 0 saturated heterocycles. The van der Waals surface area contributed by atoms with Gasteiger partial charge in [-0.25, -0.2) is 0 Å². The molecule has 0 amide bonds. The smallest absolute Gasteiger partial charge is 0.293 e. The maximum Gasteiger partial charge on any atom is 0.293 e. The maximum atomic E-state index is 10.9. The number of hydrogen-bond donors (Lipinski definition) is 0. The van der Waals surface area contributed by atoms with Crippen molar-refractivity contribution in [2.24, 2.45) is 5.41 Å². The van der Waals surface area contributed by atoms with Gasteiger partial charge in [0, 0.05) is 47.9 Å². The van der Waals surface area contributed by atoms with Crippen LogP contribution in [-0.2, 0) is 33.8 Å². The lowest BCUT2D eigenvalue weighted by Crippen LogP contribution is -2.22. The number of fused-ring (bicyclic) bond motifs is 1. The van der Waals surface area contributed by atoms with Crippen LogP contribution in [-0.4, -0.2) is 29.7 Å². The molecule has 180 valence electrons. The van der Waals surface area contributed by atoms with Gasteiger partial charge in [-0.2, -0.15) is 0 Å². The molecule has 0 aliphatic heterocycles. The summed E-state index contributed by atoms with van der Waals surface area (Å²) in [6.45, 7) is 17.1. The summed E-state index contributed by atoms with van der Waals surface area (Å²) in [6.07, 6.45) is 6.58. The van der Waals surface area contributed by atoms with E-state index in [9.17, 15) is 4.79 Å². The molecule has 0 saturated carbocycles. The standard InChI is InChI=1S/C29H36N2O3/c1-8-31-27-10-9-22(21(4)13-20(2)3)14-24(27)25(15-29(5,6)18-34-19-32)28(31)26-16-30-12-11-23(26)17-33-7/h9-14,16,19H,4,8,15,17-18H2,1-3,5-7H3. The van der Waals surface area contributed by atoms with Gasteiger partial charge in [0.25, 0.3) is 6.47 Å². The molecule has 5 heteroatoms. The summed E-state index contributed by atoms with van der Waals surface area (Å²) in [7, 11) is 1.71. The zero-order chi connectivity index (χ0) is 24.9. The van der Waals surface area contributed by atoms with Crippen LogP contribution in [0.2, 0.25) is 0 Å². The Kier molecular flexibility index (Phi) is 8.11. The zero-order valence-corrected chi connectivity index (χ0v) is 21.3. The monoisotopic (exact) mass is 460 g/mol. The van der Waals surface area contributed by atoms with E-state index in [1.165, 1.54) is 22.0 Å². The van der Waals surface area contributed by atoms with Crippen molar-refractivity contribution < 1.29 is 14.3 Å². The van der Waals surface area contributed by atoms with Gasteiger partial charge in [-0.3, -0.25) is 9.78 Å². The van der Waals surface area contributed by atoms with Crippen molar-refractivity contribution in [3.63, 3.8) is 0 Å². The molecule has 3 aromatic rings. The van der Waals surface area contributed by atoms with E-state index in [0.717, 1.165) is 40.9 Å². The molecule has 0 spiro atoms. The first-order valence-electron chi connectivity index (χ1n) is 11.7. The molecular formula is C29H36N2O3. The number of ether oxygens (including phenoxy) is 2. The zero-order valence-electron chi connectivity index (χ0n) is 21.3. The lowest BCUT2D eigenvalue weighted by atomic mass is 9.84. The predicted molar refractivity (Wildman–Crippen MR) is 140 cm³/mol. The van der Waals surface area contributed by atoms with Crippen LogP contribution >= 0.6 is 0 Å². The summed E-state index contributed by atoms with van der Waals surface area (Å²) in [5.41, 5.74) is 8.73. The second kappa shape index (κ2) is 10.8. The number of allylic oxidation sites excluding steroid dienone is 3. The second-order valence-electron chi connectivity index (χ2n) is 9.76. The summed E-state index contributed by atoms with van der Waals surface area (Å²) in [5.74, 6) is 0. The molecule has 5 nitrogen and oxygen atoms in total. The first-order chi connectivity index (χ1) is 16.2. The van der Waals surface area contributed by atoms with E-state index in [1.807, 2.05) is 12.3 Å². The second-order valence-corrected chi connectivity index (χ2v) is 9.76. The van der Waals surface area contributed by atoms with Gasteiger partial charge in [-0.1, -0.05) is 38.1 Å². The fourth-order valence-corrected chi connectivity index (χ4v) is 4.58. The van der Waals surface area contributed by atoms with Gasteiger partial charge in [-0.15, -0.1) is 0 Å². The molecule has 0 aliphatic carbocycles. The average Bonchev–Trinajstić information content (AvgIpc) is 3.09. The Hall–Kier alpha value is -3.18. The number of pyridine rings is 1. The van der Waals surface area contributed by atoms with Gasteiger partial charge in [0.2, 0.25) is 0 Å². The molecular weight excluding hydrogens is 424 g/mol. The topological polar surface area (TPSA) is 53.4 Å². The van der Waals surface area contributed by atoms with Crippen molar-refractivity contribution in [1.29, 1.82) is 0 Å². The number of carbonyl (C=O) groups excluding carboxylic acids is 1. The fourth-order valence-electron chi connectivity index (χ4n) is 4.58.